The van der Waals surface area contributed by atoms with E-state index >= 15 is 0 Å². The molecule has 1 amide bonds. The van der Waals surface area contributed by atoms with Crippen LogP contribution in [0.2, 0.25) is 0 Å². The van der Waals surface area contributed by atoms with Gasteiger partial charge in [-0.1, -0.05) is 0 Å². The average molecular weight is 458 g/mol. The molecule has 0 radical (unpaired) electrons. The van der Waals surface area contributed by atoms with Gasteiger partial charge in [0.15, 0.2) is 5.69 Å². The van der Waals surface area contributed by atoms with Gasteiger partial charge >= 0.3 is 12.1 Å². The van der Waals surface area contributed by atoms with Crippen LogP contribution in [-0.2, 0) is 16.0 Å². The summed E-state index contributed by atoms with van der Waals surface area (Å²) in [6.45, 7) is 5.10. The molecular weight excluding hydrogens is 438 g/mol. The minimum Gasteiger partial charge on any atom is -0.480 e. The molecule has 0 bridgehead atoms. The molecule has 160 valence electrons. The lowest BCUT2D eigenvalue weighted by atomic mass is 10.2. The van der Waals surface area contributed by atoms with Crippen molar-refractivity contribution in [2.45, 2.75) is 38.8 Å². The fourth-order valence-electron chi connectivity index (χ4n) is 2.48. The molecule has 0 spiro atoms. The maximum Gasteiger partial charge on any atom is 0.408 e. The van der Waals surface area contributed by atoms with Crippen molar-refractivity contribution in [3.05, 3.63) is 39.8 Å². The number of aromatic nitrogens is 3. The second-order valence-corrected chi connectivity index (χ2v) is 9.25. The molecule has 3 rings (SSSR count). The molecular formula is C20H19N5O4S2. The highest BCUT2D eigenvalue weighted by molar-refractivity contribution is 7.13. The second-order valence-electron chi connectivity index (χ2n) is 7.45. The van der Waals surface area contributed by atoms with Crippen LogP contribution in [0.5, 0.6) is 0 Å². The summed E-state index contributed by atoms with van der Waals surface area (Å²) in [7, 11) is 0. The van der Waals surface area contributed by atoms with Crippen LogP contribution in [0, 0.1) is 11.3 Å². The number of alkyl carbamates (subject to hydrolysis) is 1. The van der Waals surface area contributed by atoms with E-state index in [0.29, 0.717) is 27.1 Å². The van der Waals surface area contributed by atoms with Gasteiger partial charge in [-0.2, -0.15) is 5.26 Å². The predicted molar refractivity (Wildman–Crippen MR) is 116 cm³/mol. The fourth-order valence-corrected chi connectivity index (χ4v) is 4.05. The molecule has 11 heteroatoms. The topological polar surface area (TPSA) is 138 Å². The minimum absolute atomic E-state index is 0.0212. The molecule has 0 aliphatic heterocycles. The molecule has 3 aromatic heterocycles. The molecule has 2 N–H and O–H groups in total. The van der Waals surface area contributed by atoms with Gasteiger partial charge in [-0.25, -0.2) is 19.6 Å². The van der Waals surface area contributed by atoms with Crippen molar-refractivity contribution < 1.29 is 19.4 Å². The summed E-state index contributed by atoms with van der Waals surface area (Å²) in [6, 6.07) is 4.46. The summed E-state index contributed by atoms with van der Waals surface area (Å²) in [6.07, 6.45) is 0.877. The average Bonchev–Trinajstić information content (AvgIpc) is 3.35. The maximum absolute atomic E-state index is 11.9. The molecule has 31 heavy (non-hydrogen) atoms. The highest BCUT2D eigenvalue weighted by Gasteiger charge is 2.25. The van der Waals surface area contributed by atoms with Crippen LogP contribution in [0.1, 0.15) is 31.5 Å². The molecule has 9 nitrogen and oxygen atoms in total. The molecule has 3 heterocycles. The van der Waals surface area contributed by atoms with E-state index in [-0.39, 0.29) is 6.42 Å². The zero-order valence-electron chi connectivity index (χ0n) is 16.9. The van der Waals surface area contributed by atoms with Gasteiger partial charge in [0.1, 0.15) is 22.7 Å². The summed E-state index contributed by atoms with van der Waals surface area (Å²) in [5.74, 6) is -1.18. The van der Waals surface area contributed by atoms with E-state index in [1.807, 2.05) is 12.1 Å². The first kappa shape index (κ1) is 22.3. The monoisotopic (exact) mass is 457 g/mol. The SMILES string of the molecule is CC(C)(C)OC(=O)N[C@@H](Cc1nc(-c2ccc(-c3nc(C#N)cs3)cn2)cs1)C(=O)O. The number of hydrogen-bond donors (Lipinski definition) is 2. The molecule has 0 fully saturated rings. The molecule has 0 aliphatic rings. The number of carbonyl (C=O) groups is 2. The van der Waals surface area contributed by atoms with Gasteiger partial charge < -0.3 is 15.2 Å². The Labute approximate surface area is 186 Å². The zero-order valence-corrected chi connectivity index (χ0v) is 18.6. The number of nitrogens with one attached hydrogen (secondary N) is 1. The molecule has 3 aromatic rings. The molecule has 0 aromatic carbocycles. The number of nitriles is 1. The van der Waals surface area contributed by atoms with Crippen molar-refractivity contribution in [1.82, 2.24) is 20.3 Å². The summed E-state index contributed by atoms with van der Waals surface area (Å²) < 4.78 is 5.12. The van der Waals surface area contributed by atoms with Crippen LogP contribution in [-0.4, -0.2) is 43.8 Å². The fraction of sp³-hybridized carbons (Fsp3) is 0.300. The van der Waals surface area contributed by atoms with Gasteiger partial charge in [-0.3, -0.25) is 4.98 Å². The van der Waals surface area contributed by atoms with Crippen LogP contribution in [0.4, 0.5) is 4.79 Å². The summed E-state index contributed by atoms with van der Waals surface area (Å²) in [4.78, 5) is 36.5. The Morgan fingerprint density at radius 2 is 2.00 bits per heavy atom. The highest BCUT2D eigenvalue weighted by atomic mass is 32.1. The lowest BCUT2D eigenvalue weighted by Crippen LogP contribution is -2.44. The van der Waals surface area contributed by atoms with E-state index in [1.165, 1.54) is 22.7 Å². The number of rotatable bonds is 6. The van der Waals surface area contributed by atoms with Gasteiger partial charge in [0, 0.05) is 28.9 Å². The normalized spacial score (nSPS) is 12.1. The number of carboxylic acid groups (broad SMARTS) is 1. The van der Waals surface area contributed by atoms with E-state index in [4.69, 9.17) is 10.00 Å². The lowest BCUT2D eigenvalue weighted by Gasteiger charge is -2.21. The first-order valence-electron chi connectivity index (χ1n) is 9.14. The van der Waals surface area contributed by atoms with E-state index < -0.39 is 23.7 Å². The van der Waals surface area contributed by atoms with Crippen LogP contribution >= 0.6 is 22.7 Å². The first-order valence-corrected chi connectivity index (χ1v) is 10.9. The molecule has 0 unspecified atom stereocenters. The number of ether oxygens (including phenoxy) is 1. The number of amides is 1. The van der Waals surface area contributed by atoms with Gasteiger partial charge in [0.25, 0.3) is 0 Å². The lowest BCUT2D eigenvalue weighted by molar-refractivity contribution is -0.139. The summed E-state index contributed by atoms with van der Waals surface area (Å²) in [5.41, 5.74) is 1.65. The Bertz CT molecular complexity index is 1130. The Hall–Kier alpha value is -3.36. The van der Waals surface area contributed by atoms with Crippen LogP contribution < -0.4 is 5.32 Å². The number of nitrogens with zero attached hydrogens (tertiary/aromatic N) is 4. The van der Waals surface area contributed by atoms with Crippen molar-refractivity contribution in [2.75, 3.05) is 0 Å². The largest absolute Gasteiger partial charge is 0.480 e. The molecule has 1 atom stereocenters. The van der Waals surface area contributed by atoms with Gasteiger partial charge in [-0.05, 0) is 32.9 Å². The minimum atomic E-state index is -1.18. The number of pyridine rings is 1. The van der Waals surface area contributed by atoms with Gasteiger partial charge in [0.2, 0.25) is 0 Å². The Kier molecular flexibility index (Phi) is 6.62. The zero-order chi connectivity index (χ0) is 22.6. The third-order valence-electron chi connectivity index (χ3n) is 3.81. The van der Waals surface area contributed by atoms with Crippen molar-refractivity contribution in [3.8, 4) is 28.0 Å². The standard InChI is InChI=1S/C20H19N5O4S2/c1-20(2,3)29-19(28)25-14(18(26)27)6-16-24-15(10-30-16)13-5-4-11(8-22-13)17-23-12(7-21)9-31-17/h4-5,8-10,14H,6H2,1-3H3,(H,25,28)(H,26,27)/t14-/m0/s1. The summed E-state index contributed by atoms with van der Waals surface area (Å²) >= 11 is 2.65. The molecule has 0 saturated heterocycles. The van der Waals surface area contributed by atoms with Crippen LogP contribution in [0.15, 0.2) is 29.1 Å². The smallest absolute Gasteiger partial charge is 0.408 e. The number of carbonyl (C=O) groups excluding carboxylic acids is 1. The van der Waals surface area contributed by atoms with E-state index in [9.17, 15) is 14.7 Å². The number of thiazole rings is 2. The van der Waals surface area contributed by atoms with Crippen molar-refractivity contribution >= 4 is 34.7 Å². The number of aliphatic carboxylic acids is 1. The van der Waals surface area contributed by atoms with E-state index in [1.54, 1.807) is 43.8 Å². The summed E-state index contributed by atoms with van der Waals surface area (Å²) in [5, 5.41) is 25.4. The Morgan fingerprint density at radius 1 is 1.23 bits per heavy atom. The number of hydrogen-bond acceptors (Lipinski definition) is 9. The predicted octanol–water partition coefficient (Wildman–Crippen LogP) is 3.72. The Morgan fingerprint density at radius 3 is 2.58 bits per heavy atom. The number of carboxylic acids is 1. The molecule has 0 aliphatic carbocycles. The second kappa shape index (κ2) is 9.20. The van der Waals surface area contributed by atoms with Crippen LogP contribution in [0.25, 0.3) is 22.0 Å². The van der Waals surface area contributed by atoms with E-state index in [2.05, 4.69) is 20.3 Å². The quantitative estimate of drug-likeness (QED) is 0.571. The molecule has 0 saturated carbocycles. The maximum atomic E-state index is 11.9. The first-order chi connectivity index (χ1) is 14.6. The third-order valence-corrected chi connectivity index (χ3v) is 5.57. The highest BCUT2D eigenvalue weighted by Crippen LogP contribution is 2.26. The Balaban J connectivity index is 1.69. The van der Waals surface area contributed by atoms with Crippen molar-refractivity contribution in [1.29, 1.82) is 5.26 Å². The van der Waals surface area contributed by atoms with Gasteiger partial charge in [-0.15, -0.1) is 22.7 Å². The van der Waals surface area contributed by atoms with E-state index in [0.717, 1.165) is 5.56 Å². The van der Waals surface area contributed by atoms with Crippen LogP contribution in [0.3, 0.4) is 0 Å². The van der Waals surface area contributed by atoms with Crippen molar-refractivity contribution in [2.24, 2.45) is 0 Å². The van der Waals surface area contributed by atoms with Crippen molar-refractivity contribution in [3.63, 3.8) is 0 Å². The third kappa shape index (κ3) is 6.07. The van der Waals surface area contributed by atoms with Gasteiger partial charge in [0.05, 0.1) is 16.4 Å².